The van der Waals surface area contributed by atoms with Gasteiger partial charge in [0.1, 0.15) is 0 Å². The highest BCUT2D eigenvalue weighted by atomic mass is 15.3. The predicted molar refractivity (Wildman–Crippen MR) is 72.4 cm³/mol. The first-order valence-electron chi connectivity index (χ1n) is 7.21. The van der Waals surface area contributed by atoms with E-state index in [1.165, 1.54) is 38.9 Å². The van der Waals surface area contributed by atoms with Gasteiger partial charge >= 0.3 is 0 Å². The summed E-state index contributed by atoms with van der Waals surface area (Å²) in [6.45, 7) is 8.12. The van der Waals surface area contributed by atoms with E-state index in [2.05, 4.69) is 28.4 Å². The number of nitrogens with one attached hydrogen (secondary N) is 1. The summed E-state index contributed by atoms with van der Waals surface area (Å²) in [5, 5.41) is 8.06. The summed E-state index contributed by atoms with van der Waals surface area (Å²) in [4.78, 5) is 2.61. The summed E-state index contributed by atoms with van der Waals surface area (Å²) in [6.07, 6.45) is 8.00. The Kier molecular flexibility index (Phi) is 3.39. The number of hydrogen-bond donors (Lipinski definition) is 1. The van der Waals surface area contributed by atoms with Crippen LogP contribution in [-0.2, 0) is 6.54 Å². The van der Waals surface area contributed by atoms with Crippen molar-refractivity contribution in [3.05, 3.63) is 18.5 Å². The molecule has 3 rings (SSSR count). The Labute approximate surface area is 109 Å². The minimum atomic E-state index is 0.348. The molecular formula is C14H24N4. The molecule has 0 bridgehead atoms. The van der Waals surface area contributed by atoms with Crippen molar-refractivity contribution in [3.63, 3.8) is 0 Å². The smallest absolute Gasteiger partial charge is 0.0536 e. The molecule has 1 aromatic heterocycles. The minimum Gasteiger partial charge on any atom is -0.310 e. The van der Waals surface area contributed by atoms with Crippen molar-refractivity contribution in [1.82, 2.24) is 20.0 Å². The molecule has 2 aliphatic rings. The van der Waals surface area contributed by atoms with E-state index in [0.717, 1.165) is 19.0 Å². The zero-order chi connectivity index (χ0) is 12.4. The molecule has 1 N–H and O–H groups in total. The lowest BCUT2D eigenvalue weighted by atomic mass is 9.95. The molecule has 0 radical (unpaired) electrons. The first-order valence-corrected chi connectivity index (χ1v) is 7.21. The van der Waals surface area contributed by atoms with Crippen molar-refractivity contribution in [1.29, 1.82) is 0 Å². The van der Waals surface area contributed by atoms with Crippen molar-refractivity contribution in [2.75, 3.05) is 26.2 Å². The summed E-state index contributed by atoms with van der Waals surface area (Å²) in [5.41, 5.74) is 0.348. The highest BCUT2D eigenvalue weighted by Crippen LogP contribution is 2.40. The summed E-state index contributed by atoms with van der Waals surface area (Å²) >= 11 is 0. The predicted octanol–water partition coefficient (Wildman–Crippen LogP) is 1.35. The second kappa shape index (κ2) is 5.02. The normalized spacial score (nSPS) is 30.3. The van der Waals surface area contributed by atoms with Gasteiger partial charge in [0.2, 0.25) is 0 Å². The maximum absolute atomic E-state index is 4.28. The quantitative estimate of drug-likeness (QED) is 0.873. The van der Waals surface area contributed by atoms with Crippen LogP contribution in [0.1, 0.15) is 26.2 Å². The Morgan fingerprint density at radius 3 is 3.00 bits per heavy atom. The Bertz CT molecular complexity index is 371. The average Bonchev–Trinajstić information content (AvgIpc) is 3.12. The lowest BCUT2D eigenvalue weighted by Gasteiger charge is -2.34. The van der Waals surface area contributed by atoms with Crippen LogP contribution in [0, 0.1) is 5.92 Å². The van der Waals surface area contributed by atoms with Crippen LogP contribution in [0.4, 0.5) is 0 Å². The zero-order valence-corrected chi connectivity index (χ0v) is 11.3. The molecule has 1 atom stereocenters. The van der Waals surface area contributed by atoms with E-state index in [4.69, 9.17) is 0 Å². The number of hydrogen-bond acceptors (Lipinski definition) is 3. The molecule has 18 heavy (non-hydrogen) atoms. The summed E-state index contributed by atoms with van der Waals surface area (Å²) in [7, 11) is 0. The van der Waals surface area contributed by atoms with Crippen LogP contribution < -0.4 is 5.32 Å². The van der Waals surface area contributed by atoms with E-state index >= 15 is 0 Å². The number of nitrogens with zero attached hydrogens (tertiary/aromatic N) is 3. The van der Waals surface area contributed by atoms with E-state index in [1.54, 1.807) is 0 Å². The third-order valence-electron chi connectivity index (χ3n) is 4.41. The van der Waals surface area contributed by atoms with E-state index in [9.17, 15) is 0 Å². The second-order valence-electron chi connectivity index (χ2n) is 6.02. The van der Waals surface area contributed by atoms with Gasteiger partial charge in [-0.25, -0.2) is 0 Å². The van der Waals surface area contributed by atoms with Crippen LogP contribution in [0.3, 0.4) is 0 Å². The van der Waals surface area contributed by atoms with Crippen LogP contribution in [-0.4, -0.2) is 46.4 Å². The van der Waals surface area contributed by atoms with Gasteiger partial charge in [0.25, 0.3) is 0 Å². The van der Waals surface area contributed by atoms with E-state index in [0.29, 0.717) is 5.54 Å². The Balaban J connectivity index is 1.57. The van der Waals surface area contributed by atoms with Gasteiger partial charge in [-0.2, -0.15) is 5.10 Å². The Morgan fingerprint density at radius 2 is 2.28 bits per heavy atom. The largest absolute Gasteiger partial charge is 0.310 e. The Morgan fingerprint density at radius 1 is 1.39 bits per heavy atom. The molecule has 1 aromatic rings. The second-order valence-corrected chi connectivity index (χ2v) is 6.02. The fourth-order valence-corrected chi connectivity index (χ4v) is 3.14. The van der Waals surface area contributed by atoms with Crippen molar-refractivity contribution >= 4 is 0 Å². The zero-order valence-electron chi connectivity index (χ0n) is 11.3. The summed E-state index contributed by atoms with van der Waals surface area (Å²) in [6, 6.07) is 2.00. The summed E-state index contributed by atoms with van der Waals surface area (Å²) in [5.74, 6) is 0.905. The van der Waals surface area contributed by atoms with Crippen LogP contribution in [0.15, 0.2) is 18.5 Å². The first kappa shape index (κ1) is 12.2. The molecule has 1 saturated carbocycles. The van der Waals surface area contributed by atoms with Gasteiger partial charge in [-0.3, -0.25) is 9.58 Å². The SMILES string of the molecule is CC1(C2CC2)CN(CCn2cccn2)CCCN1. The van der Waals surface area contributed by atoms with Crippen LogP contribution in [0.25, 0.3) is 0 Å². The molecule has 0 spiro atoms. The molecule has 0 aromatic carbocycles. The highest BCUT2D eigenvalue weighted by molar-refractivity contribution is 5.00. The molecule has 1 aliphatic heterocycles. The topological polar surface area (TPSA) is 33.1 Å². The molecule has 1 aliphatic carbocycles. The standard InChI is InChI=1S/C14H24N4/c1-14(13-4-5-13)12-17(8-2-6-15-14)10-11-18-9-3-7-16-18/h3,7,9,13,15H,2,4-6,8,10-12H2,1H3. The van der Waals surface area contributed by atoms with Gasteiger partial charge in [0, 0.05) is 31.0 Å². The van der Waals surface area contributed by atoms with Crippen molar-refractivity contribution in [3.8, 4) is 0 Å². The lowest BCUT2D eigenvalue weighted by Crippen LogP contribution is -2.51. The van der Waals surface area contributed by atoms with Gasteiger partial charge in [-0.1, -0.05) is 0 Å². The van der Waals surface area contributed by atoms with Crippen molar-refractivity contribution < 1.29 is 0 Å². The Hall–Kier alpha value is -0.870. The van der Waals surface area contributed by atoms with E-state index in [-0.39, 0.29) is 0 Å². The van der Waals surface area contributed by atoms with Crippen LogP contribution in [0.2, 0.25) is 0 Å². The molecule has 4 heteroatoms. The fraction of sp³-hybridized carbons (Fsp3) is 0.786. The van der Waals surface area contributed by atoms with Crippen molar-refractivity contribution in [2.45, 2.75) is 38.3 Å². The van der Waals surface area contributed by atoms with E-state index < -0.39 is 0 Å². The van der Waals surface area contributed by atoms with Gasteiger partial charge in [0.05, 0.1) is 6.54 Å². The van der Waals surface area contributed by atoms with Gasteiger partial charge in [-0.05, 0) is 51.3 Å². The first-order chi connectivity index (χ1) is 8.76. The lowest BCUT2D eigenvalue weighted by molar-refractivity contribution is 0.194. The molecule has 2 fully saturated rings. The molecule has 4 nitrogen and oxygen atoms in total. The number of aromatic nitrogens is 2. The molecule has 1 unspecified atom stereocenters. The third-order valence-corrected chi connectivity index (χ3v) is 4.41. The maximum Gasteiger partial charge on any atom is 0.0536 e. The van der Waals surface area contributed by atoms with E-state index in [1.807, 2.05) is 16.9 Å². The third kappa shape index (κ3) is 2.75. The molecule has 2 heterocycles. The van der Waals surface area contributed by atoms with Crippen LogP contribution >= 0.6 is 0 Å². The van der Waals surface area contributed by atoms with Gasteiger partial charge in [0.15, 0.2) is 0 Å². The minimum absolute atomic E-state index is 0.348. The maximum atomic E-state index is 4.28. The molecular weight excluding hydrogens is 224 g/mol. The van der Waals surface area contributed by atoms with Crippen LogP contribution in [0.5, 0.6) is 0 Å². The average molecular weight is 248 g/mol. The highest BCUT2D eigenvalue weighted by Gasteiger charge is 2.42. The monoisotopic (exact) mass is 248 g/mol. The van der Waals surface area contributed by atoms with Gasteiger partial charge in [-0.15, -0.1) is 0 Å². The molecule has 1 saturated heterocycles. The molecule has 100 valence electrons. The van der Waals surface area contributed by atoms with Crippen molar-refractivity contribution in [2.24, 2.45) is 5.92 Å². The number of rotatable bonds is 4. The fourth-order valence-electron chi connectivity index (χ4n) is 3.14. The molecule has 0 amide bonds. The van der Waals surface area contributed by atoms with Gasteiger partial charge < -0.3 is 5.32 Å². The summed E-state index contributed by atoms with van der Waals surface area (Å²) < 4.78 is 2.03.